The molecule has 1 rings (SSSR count). The van der Waals surface area contributed by atoms with E-state index in [1.54, 1.807) is 6.07 Å². The Kier molecular flexibility index (Phi) is 5.27. The number of benzene rings is 1. The summed E-state index contributed by atoms with van der Waals surface area (Å²) in [5.41, 5.74) is 0.681. The fourth-order valence-corrected chi connectivity index (χ4v) is 3.91. The van der Waals surface area contributed by atoms with Gasteiger partial charge in [0.05, 0.1) is 0 Å². The molecule has 0 radical (unpaired) electrons. The van der Waals surface area contributed by atoms with Crippen molar-refractivity contribution in [3.8, 4) is 0 Å². The fraction of sp³-hybridized carbons (Fsp3) is 0.500. The molecule has 0 aromatic heterocycles. The molecule has 1 aromatic carbocycles. The van der Waals surface area contributed by atoms with E-state index in [1.165, 1.54) is 6.07 Å². The maximum Gasteiger partial charge on any atom is 0.127 e. The Labute approximate surface area is 108 Å². The zero-order valence-corrected chi connectivity index (χ0v) is 11.9. The van der Waals surface area contributed by atoms with Crippen LogP contribution in [0.25, 0.3) is 0 Å². The second-order valence-corrected chi connectivity index (χ2v) is 4.90. The van der Waals surface area contributed by atoms with Crippen molar-refractivity contribution in [3.63, 3.8) is 0 Å². The summed E-state index contributed by atoms with van der Waals surface area (Å²) >= 11 is 7.02. The number of rotatable bonds is 5. The molecule has 0 nitrogen and oxygen atoms in total. The largest absolute Gasteiger partial charge is 0.207 e. The molecule has 0 fully saturated rings. The first-order valence-electron chi connectivity index (χ1n) is 5.07. The highest BCUT2D eigenvalue weighted by Gasteiger charge is 2.31. The van der Waals surface area contributed by atoms with Crippen molar-refractivity contribution in [2.45, 2.75) is 25.2 Å². The molecule has 0 aliphatic carbocycles. The summed E-state index contributed by atoms with van der Waals surface area (Å²) in [7, 11) is 0. The molecule has 0 aliphatic rings. The summed E-state index contributed by atoms with van der Waals surface area (Å²) in [6.07, 6.45) is 2.02. The molecule has 0 aliphatic heterocycles. The summed E-state index contributed by atoms with van der Waals surface area (Å²) in [5, 5.41) is 1.56. The first-order chi connectivity index (χ1) is 7.20. The molecule has 0 unspecified atom stereocenters. The van der Waals surface area contributed by atoms with E-state index < -0.39 is 0 Å². The predicted molar refractivity (Wildman–Crippen MR) is 70.6 cm³/mol. The topological polar surface area (TPSA) is 0 Å². The van der Waals surface area contributed by atoms with E-state index >= 15 is 0 Å². The lowest BCUT2D eigenvalue weighted by Gasteiger charge is -2.30. The van der Waals surface area contributed by atoms with Crippen LogP contribution in [0.3, 0.4) is 0 Å². The second kappa shape index (κ2) is 6.00. The average Bonchev–Trinajstić information content (AvgIpc) is 2.27. The summed E-state index contributed by atoms with van der Waals surface area (Å²) in [5.74, 6) is -0.107. The standard InChI is InChI=1S/C12H15Br2F/c1-2-7-12(8-13,9-14)10-5-3-4-6-11(10)15/h3-6H,2,7-9H2,1H3. The number of halogens is 3. The van der Waals surface area contributed by atoms with Gasteiger partial charge in [-0.15, -0.1) is 0 Å². The molecule has 0 bridgehead atoms. The highest BCUT2D eigenvalue weighted by molar-refractivity contribution is 9.09. The monoisotopic (exact) mass is 336 g/mol. The Morgan fingerprint density at radius 3 is 2.27 bits per heavy atom. The molecule has 84 valence electrons. The first-order valence-corrected chi connectivity index (χ1v) is 7.31. The van der Waals surface area contributed by atoms with Gasteiger partial charge in [-0.3, -0.25) is 0 Å². The molecule has 1 aromatic rings. The van der Waals surface area contributed by atoms with Crippen LogP contribution in [0.4, 0.5) is 4.39 Å². The molecule has 0 saturated carbocycles. The third-order valence-electron chi connectivity index (χ3n) is 2.69. The molecule has 0 amide bonds. The molecule has 3 heteroatoms. The first kappa shape index (κ1) is 13.2. The quantitative estimate of drug-likeness (QED) is 0.686. The summed E-state index contributed by atoms with van der Waals surface area (Å²) in [6.45, 7) is 2.13. The predicted octanol–water partition coefficient (Wildman–Crippen LogP) is 4.65. The van der Waals surface area contributed by atoms with Crippen molar-refractivity contribution in [1.82, 2.24) is 0 Å². The average molecular weight is 338 g/mol. The SMILES string of the molecule is CCCC(CBr)(CBr)c1ccccc1F. The highest BCUT2D eigenvalue weighted by Crippen LogP contribution is 2.34. The maximum absolute atomic E-state index is 13.7. The van der Waals surface area contributed by atoms with Gasteiger partial charge in [-0.25, -0.2) is 4.39 Å². The van der Waals surface area contributed by atoms with Crippen LogP contribution < -0.4 is 0 Å². The summed E-state index contributed by atoms with van der Waals surface area (Å²) < 4.78 is 13.7. The molecular formula is C12H15Br2F. The fourth-order valence-electron chi connectivity index (χ4n) is 1.82. The Balaban J connectivity index is 3.13. The van der Waals surface area contributed by atoms with E-state index in [2.05, 4.69) is 38.8 Å². The zero-order chi connectivity index (χ0) is 11.3. The zero-order valence-electron chi connectivity index (χ0n) is 8.77. The van der Waals surface area contributed by atoms with Crippen LogP contribution in [0.15, 0.2) is 24.3 Å². The second-order valence-electron chi connectivity index (χ2n) is 3.78. The van der Waals surface area contributed by atoms with Crippen molar-refractivity contribution in [3.05, 3.63) is 35.6 Å². The lowest BCUT2D eigenvalue weighted by Crippen LogP contribution is -2.31. The van der Waals surface area contributed by atoms with Crippen LogP contribution in [0.1, 0.15) is 25.3 Å². The van der Waals surface area contributed by atoms with Gasteiger partial charge < -0.3 is 0 Å². The van der Waals surface area contributed by atoms with Gasteiger partial charge in [0.2, 0.25) is 0 Å². The van der Waals surface area contributed by atoms with Gasteiger partial charge >= 0.3 is 0 Å². The Morgan fingerprint density at radius 1 is 1.20 bits per heavy atom. The lowest BCUT2D eigenvalue weighted by molar-refractivity contribution is 0.465. The maximum atomic E-state index is 13.7. The van der Waals surface area contributed by atoms with Gasteiger partial charge in [0.25, 0.3) is 0 Å². The number of hydrogen-bond acceptors (Lipinski definition) is 0. The number of hydrogen-bond donors (Lipinski definition) is 0. The van der Waals surface area contributed by atoms with Crippen molar-refractivity contribution in [2.24, 2.45) is 0 Å². The molecule has 0 N–H and O–H groups in total. The van der Waals surface area contributed by atoms with E-state index in [0.29, 0.717) is 0 Å². The smallest absolute Gasteiger partial charge is 0.127 e. The lowest BCUT2D eigenvalue weighted by atomic mass is 9.80. The summed E-state index contributed by atoms with van der Waals surface area (Å²) in [4.78, 5) is 0. The van der Waals surface area contributed by atoms with E-state index in [4.69, 9.17) is 0 Å². The van der Waals surface area contributed by atoms with Crippen molar-refractivity contribution >= 4 is 31.9 Å². The van der Waals surface area contributed by atoms with Crippen molar-refractivity contribution < 1.29 is 4.39 Å². The van der Waals surface area contributed by atoms with Crippen LogP contribution in [0.2, 0.25) is 0 Å². The van der Waals surface area contributed by atoms with Gasteiger partial charge in [-0.1, -0.05) is 63.4 Å². The van der Waals surface area contributed by atoms with Crippen molar-refractivity contribution in [1.29, 1.82) is 0 Å². The van der Waals surface area contributed by atoms with Gasteiger partial charge in [-0.05, 0) is 18.1 Å². The summed E-state index contributed by atoms with van der Waals surface area (Å²) in [6, 6.07) is 7.05. The van der Waals surface area contributed by atoms with Crippen LogP contribution >= 0.6 is 31.9 Å². The third kappa shape index (κ3) is 2.82. The minimum absolute atomic E-state index is 0.107. The van der Waals surface area contributed by atoms with E-state index in [9.17, 15) is 4.39 Å². The third-order valence-corrected chi connectivity index (χ3v) is 4.83. The molecule has 0 saturated heterocycles. The van der Waals surface area contributed by atoms with Gasteiger partial charge in [0, 0.05) is 16.1 Å². The van der Waals surface area contributed by atoms with Crippen LogP contribution in [-0.4, -0.2) is 10.7 Å². The Bertz CT molecular complexity index is 308. The highest BCUT2D eigenvalue weighted by atomic mass is 79.9. The number of alkyl halides is 2. The van der Waals surface area contributed by atoms with Gasteiger partial charge in [-0.2, -0.15) is 0 Å². The van der Waals surface area contributed by atoms with Crippen LogP contribution in [0.5, 0.6) is 0 Å². The van der Waals surface area contributed by atoms with Gasteiger partial charge in [0.1, 0.15) is 5.82 Å². The molecule has 0 spiro atoms. The van der Waals surface area contributed by atoms with Crippen LogP contribution in [0, 0.1) is 5.82 Å². The minimum Gasteiger partial charge on any atom is -0.207 e. The minimum atomic E-state index is -0.125. The Hall–Kier alpha value is 0.110. The molecule has 0 atom stereocenters. The normalized spacial score (nSPS) is 11.7. The van der Waals surface area contributed by atoms with Crippen molar-refractivity contribution in [2.75, 3.05) is 10.7 Å². The molecule has 0 heterocycles. The molecular weight excluding hydrogens is 323 g/mol. The van der Waals surface area contributed by atoms with Gasteiger partial charge in [0.15, 0.2) is 0 Å². The van der Waals surface area contributed by atoms with E-state index in [0.717, 1.165) is 29.1 Å². The van der Waals surface area contributed by atoms with Crippen LogP contribution in [-0.2, 0) is 5.41 Å². The molecule has 15 heavy (non-hydrogen) atoms. The van der Waals surface area contributed by atoms with E-state index in [1.807, 2.05) is 12.1 Å². The van der Waals surface area contributed by atoms with E-state index in [-0.39, 0.29) is 11.2 Å². The Morgan fingerprint density at radius 2 is 1.80 bits per heavy atom.